The predicted octanol–water partition coefficient (Wildman–Crippen LogP) is 10.8. The Kier molecular flexibility index (Phi) is 22.1. The maximum atomic E-state index is 15.8. The van der Waals surface area contributed by atoms with Crippen molar-refractivity contribution in [1.82, 2.24) is 0 Å². The third kappa shape index (κ3) is 16.7. The highest BCUT2D eigenvalue weighted by Crippen LogP contribution is 2.42. The van der Waals surface area contributed by atoms with Crippen LogP contribution in [0.3, 0.4) is 0 Å². The molecular weight excluding hydrogens is 1030 g/mol. The van der Waals surface area contributed by atoms with E-state index in [0.29, 0.717) is 5.56 Å². The lowest BCUT2D eigenvalue weighted by atomic mass is 9.88. The zero-order valence-electron chi connectivity index (χ0n) is 45.2. The fourth-order valence-electron chi connectivity index (χ4n) is 9.86. The lowest BCUT2D eigenvalue weighted by Crippen LogP contribution is -2.69. The van der Waals surface area contributed by atoms with Crippen molar-refractivity contribution in [3.63, 3.8) is 0 Å². The van der Waals surface area contributed by atoms with Crippen LogP contribution >= 0.6 is 0 Å². The average molecular weight is 1100 g/mol. The summed E-state index contributed by atoms with van der Waals surface area (Å²) in [5.41, 5.74) is 16.4. The van der Waals surface area contributed by atoms with Crippen molar-refractivity contribution in [3.05, 3.63) is 262 Å². The van der Waals surface area contributed by atoms with Gasteiger partial charge in [0.25, 0.3) is 5.79 Å². The molecule has 2 saturated heterocycles. The van der Waals surface area contributed by atoms with Gasteiger partial charge < -0.3 is 57.2 Å². The number of carbonyl (C=O) groups excluding carboxylic acids is 1. The summed E-state index contributed by atoms with van der Waals surface area (Å²) < 4.78 is 73.6. The first-order valence-electron chi connectivity index (χ1n) is 27.2. The van der Waals surface area contributed by atoms with E-state index in [2.05, 4.69) is 10.0 Å². The summed E-state index contributed by atoms with van der Waals surface area (Å²) in [6, 6.07) is 65.4. The lowest BCUT2D eigenvalue weighted by molar-refractivity contribution is -0.376. The van der Waals surface area contributed by atoms with E-state index in [1.54, 1.807) is 0 Å². The molecule has 81 heavy (non-hydrogen) atoms. The molecule has 16 heteroatoms. The van der Waals surface area contributed by atoms with Gasteiger partial charge in [-0.15, -0.1) is 0 Å². The number of benzene rings is 7. The van der Waals surface area contributed by atoms with Crippen LogP contribution < -0.4 is 0 Å². The van der Waals surface area contributed by atoms with Crippen LogP contribution in [-0.2, 0) is 103 Å². The van der Waals surface area contributed by atoms with Gasteiger partial charge in [-0.3, -0.25) is 0 Å². The molecule has 0 radical (unpaired) electrons. The van der Waals surface area contributed by atoms with Crippen LogP contribution in [0, 0.1) is 0 Å². The number of azide groups is 1. The third-order valence-electron chi connectivity index (χ3n) is 14.1. The van der Waals surface area contributed by atoms with E-state index in [1.165, 1.54) is 7.11 Å². The van der Waals surface area contributed by atoms with Crippen molar-refractivity contribution in [2.24, 2.45) is 5.11 Å². The van der Waals surface area contributed by atoms with Gasteiger partial charge in [0.15, 0.2) is 6.29 Å². The monoisotopic (exact) mass is 1100 g/mol. The zero-order chi connectivity index (χ0) is 55.9. The number of aliphatic hydroxyl groups excluding tert-OH is 1. The second-order valence-electron chi connectivity index (χ2n) is 19.8. The van der Waals surface area contributed by atoms with E-state index in [9.17, 15) is 10.6 Å². The highest BCUT2D eigenvalue weighted by Gasteiger charge is 2.61. The molecule has 0 bridgehead atoms. The molecule has 1 N–H and O–H groups in total. The van der Waals surface area contributed by atoms with E-state index in [0.717, 1.165) is 33.4 Å². The minimum Gasteiger partial charge on any atom is -0.457 e. The van der Waals surface area contributed by atoms with E-state index in [4.69, 9.17) is 52.1 Å². The molecule has 0 saturated carbocycles. The molecular formula is C65H69N3O13. The SMILES string of the molecule is CO[C@H]1O[C@H](COCc2ccccc2)[C@H](O)[C@H](O[C@]2(C(=O)OCc3ccccc3)C[C@H](OCc3ccccc3)[C@@H](N=[N+]=[N-])[C@H]([C@H](OCc3ccccc3)[C@@H](COCc3ccccc3)OCc3ccccc3)O2)[C@H]1OCc1ccccc1. The number of esters is 1. The van der Waals surface area contributed by atoms with Crippen molar-refractivity contribution in [2.75, 3.05) is 20.3 Å². The molecule has 422 valence electrons. The quantitative estimate of drug-likeness (QED) is 0.0202. The summed E-state index contributed by atoms with van der Waals surface area (Å²) in [5.74, 6) is -3.46. The van der Waals surface area contributed by atoms with Gasteiger partial charge in [-0.2, -0.15) is 0 Å². The van der Waals surface area contributed by atoms with Crippen LogP contribution in [0.1, 0.15) is 45.4 Å². The van der Waals surface area contributed by atoms with Gasteiger partial charge in [0.2, 0.25) is 0 Å². The maximum Gasteiger partial charge on any atom is 0.367 e. The first-order valence-corrected chi connectivity index (χ1v) is 27.2. The molecule has 0 unspecified atom stereocenters. The molecule has 0 aromatic heterocycles. The number of rotatable bonds is 29. The normalized spacial score (nSPS) is 23.4. The standard InChI is InChI=1S/C65H69N3O13/c1-71-63-62(77-43-52-33-19-7-20-34-52)61(58(69)55(79-63)45-72-38-47-23-9-2-10-24-47)81-65(64(70)78-44-53-35-21-8-22-36-53)37-54(74-40-49-27-13-4-14-28-49)57(67-68-66)60(80-65)59(76-42-51-31-17-6-18-32-51)56(75-41-50-29-15-5-16-30-50)46-73-39-48-25-11-3-12-26-48/h2-36,54-63,69H,37-46H2,1H3/t54-,55+,56+,57+,58-,59+,60+,61-,62+,63-,65-/m0/s1. The molecule has 2 heterocycles. The second-order valence-corrected chi connectivity index (χ2v) is 19.8. The van der Waals surface area contributed by atoms with Crippen LogP contribution in [-0.4, -0.2) is 98.4 Å². The predicted molar refractivity (Wildman–Crippen MR) is 300 cm³/mol. The Hall–Kier alpha value is -7.12. The Morgan fingerprint density at radius 2 is 1.04 bits per heavy atom. The van der Waals surface area contributed by atoms with Crippen LogP contribution in [0.2, 0.25) is 0 Å². The molecule has 11 atom stereocenters. The van der Waals surface area contributed by atoms with Crippen LogP contribution in [0.25, 0.3) is 10.4 Å². The second kappa shape index (κ2) is 30.6. The minimum atomic E-state index is -2.49. The number of carbonyl (C=O) groups is 1. The molecule has 7 aromatic rings. The van der Waals surface area contributed by atoms with Crippen molar-refractivity contribution in [2.45, 2.75) is 120 Å². The van der Waals surface area contributed by atoms with E-state index in [1.807, 2.05) is 212 Å². The highest BCUT2D eigenvalue weighted by molar-refractivity contribution is 5.78. The molecule has 0 spiro atoms. The topological polar surface area (TPSA) is 188 Å². The zero-order valence-corrected chi connectivity index (χ0v) is 45.2. The Labute approximate surface area is 472 Å². The van der Waals surface area contributed by atoms with Crippen LogP contribution in [0.5, 0.6) is 0 Å². The molecule has 7 aromatic carbocycles. The molecule has 0 aliphatic carbocycles. The molecule has 9 rings (SSSR count). The van der Waals surface area contributed by atoms with Gasteiger partial charge in [-0.1, -0.05) is 217 Å². The van der Waals surface area contributed by atoms with Crippen molar-refractivity contribution >= 4 is 5.97 Å². The maximum absolute atomic E-state index is 15.8. The summed E-state index contributed by atoms with van der Waals surface area (Å²) in [4.78, 5) is 19.2. The Morgan fingerprint density at radius 1 is 0.593 bits per heavy atom. The fourth-order valence-corrected chi connectivity index (χ4v) is 9.86. The molecule has 2 aliphatic heterocycles. The van der Waals surface area contributed by atoms with Gasteiger partial charge >= 0.3 is 5.97 Å². The third-order valence-corrected chi connectivity index (χ3v) is 14.1. The number of methoxy groups -OCH3 is 1. The van der Waals surface area contributed by atoms with Gasteiger partial charge in [-0.05, 0) is 44.5 Å². The lowest BCUT2D eigenvalue weighted by Gasteiger charge is -2.51. The summed E-state index contributed by atoms with van der Waals surface area (Å²) in [6.45, 7) is 0.243. The molecule has 0 amide bonds. The van der Waals surface area contributed by atoms with Gasteiger partial charge in [0.1, 0.15) is 49.3 Å². The van der Waals surface area contributed by atoms with E-state index < -0.39 is 79.3 Å². The van der Waals surface area contributed by atoms with Gasteiger partial charge in [0, 0.05) is 18.4 Å². The smallest absolute Gasteiger partial charge is 0.367 e. The van der Waals surface area contributed by atoms with Crippen molar-refractivity contribution in [1.29, 1.82) is 0 Å². The number of hydrogen-bond donors (Lipinski definition) is 1. The van der Waals surface area contributed by atoms with Gasteiger partial charge in [0.05, 0.1) is 65.0 Å². The number of nitrogens with zero attached hydrogens (tertiary/aromatic N) is 3. The van der Waals surface area contributed by atoms with Crippen LogP contribution in [0.15, 0.2) is 217 Å². The number of hydrogen-bond acceptors (Lipinski definition) is 14. The van der Waals surface area contributed by atoms with Crippen molar-refractivity contribution < 1.29 is 62.0 Å². The average Bonchev–Trinajstić information content (AvgIpc) is 3.67. The van der Waals surface area contributed by atoms with Crippen LogP contribution in [0.4, 0.5) is 0 Å². The fraction of sp³-hybridized carbons (Fsp3) is 0.338. The first-order chi connectivity index (χ1) is 39.9. The minimum absolute atomic E-state index is 0.0176. The summed E-state index contributed by atoms with van der Waals surface area (Å²) in [5, 5.41) is 17.2. The summed E-state index contributed by atoms with van der Waals surface area (Å²) >= 11 is 0. The van der Waals surface area contributed by atoms with E-state index >= 15 is 4.79 Å². The van der Waals surface area contributed by atoms with Crippen molar-refractivity contribution in [3.8, 4) is 0 Å². The molecule has 2 aliphatic rings. The molecule has 16 nitrogen and oxygen atoms in total. The Balaban J connectivity index is 1.17. The van der Waals surface area contributed by atoms with Gasteiger partial charge in [-0.25, -0.2) is 4.79 Å². The Morgan fingerprint density at radius 3 is 1.53 bits per heavy atom. The first kappa shape index (κ1) is 58.5. The number of aliphatic hydroxyl groups is 1. The highest BCUT2D eigenvalue weighted by atomic mass is 16.8. The van der Waals surface area contributed by atoms with E-state index in [-0.39, 0.29) is 59.5 Å². The largest absolute Gasteiger partial charge is 0.457 e. The summed E-state index contributed by atoms with van der Waals surface area (Å²) in [7, 11) is 1.46. The summed E-state index contributed by atoms with van der Waals surface area (Å²) in [6.07, 6.45) is -11.7. The molecule has 2 fully saturated rings. The number of ether oxygens (including phenoxy) is 11. The Bertz CT molecular complexity index is 2950.